The molecule has 5 aromatic carbocycles. The zero-order valence-corrected chi connectivity index (χ0v) is 28.1. The van der Waals surface area contributed by atoms with Crippen LogP contribution in [-0.2, 0) is 0 Å². The first kappa shape index (κ1) is 31.4. The highest BCUT2D eigenvalue weighted by Crippen LogP contribution is 2.49. The van der Waals surface area contributed by atoms with E-state index in [-0.39, 0.29) is 17.9 Å². The Hall–Kier alpha value is -6.87. The highest BCUT2D eigenvalue weighted by atomic mass is 15.2. The van der Waals surface area contributed by atoms with E-state index in [1.165, 1.54) is 11.1 Å². The van der Waals surface area contributed by atoms with Gasteiger partial charge >= 0.3 is 0 Å². The van der Waals surface area contributed by atoms with Crippen molar-refractivity contribution in [2.24, 2.45) is 11.8 Å². The predicted molar refractivity (Wildman–Crippen MR) is 204 cm³/mol. The predicted octanol–water partition coefficient (Wildman–Crippen LogP) is 10.8. The van der Waals surface area contributed by atoms with Gasteiger partial charge in [-0.25, -0.2) is 0 Å². The van der Waals surface area contributed by atoms with Crippen LogP contribution in [0.25, 0.3) is 33.4 Å². The molecule has 2 aliphatic carbocycles. The van der Waals surface area contributed by atoms with Crippen molar-refractivity contribution < 1.29 is 0 Å². The van der Waals surface area contributed by atoms with E-state index >= 15 is 0 Å². The Kier molecular flexibility index (Phi) is 8.13. The normalized spacial score (nSPS) is 18.6. The molecule has 8 rings (SSSR count). The highest BCUT2D eigenvalue weighted by Gasteiger charge is 2.42. The number of rotatable bonds is 6. The van der Waals surface area contributed by atoms with Crippen LogP contribution in [0.4, 0.5) is 17.1 Å². The molecule has 1 aliphatic heterocycles. The molecule has 3 aliphatic rings. The van der Waals surface area contributed by atoms with E-state index in [0.29, 0.717) is 17.6 Å². The SMILES string of the molecule is Cc1ccccc1-c1ccccc1Nc1cccc(-c2cccc(-c3cccc(C#N)c3N3C4=C(C=CC(C#N)C4)C4C=C(C#N)C=CC43)c2)c1. The molecule has 242 valence electrons. The number of nitriles is 3. The quantitative estimate of drug-likeness (QED) is 0.197. The van der Waals surface area contributed by atoms with Crippen molar-refractivity contribution in [3.63, 3.8) is 0 Å². The molecule has 3 atom stereocenters. The number of anilines is 3. The molecule has 1 N–H and O–H groups in total. The maximum atomic E-state index is 10.5. The summed E-state index contributed by atoms with van der Waals surface area (Å²) in [5.74, 6) is -0.312. The monoisotopic (exact) mass is 655 g/mol. The van der Waals surface area contributed by atoms with Crippen LogP contribution in [0, 0.1) is 52.8 Å². The zero-order chi connectivity index (χ0) is 34.9. The van der Waals surface area contributed by atoms with Gasteiger partial charge in [-0.15, -0.1) is 0 Å². The molecule has 3 unspecified atom stereocenters. The van der Waals surface area contributed by atoms with Gasteiger partial charge in [-0.05, 0) is 76.7 Å². The molecule has 0 saturated heterocycles. The van der Waals surface area contributed by atoms with Crippen molar-refractivity contribution in [3.05, 3.63) is 174 Å². The summed E-state index contributed by atoms with van der Waals surface area (Å²) in [5, 5.41) is 33.8. The summed E-state index contributed by atoms with van der Waals surface area (Å²) >= 11 is 0. The van der Waals surface area contributed by atoms with E-state index in [1.807, 2.05) is 36.4 Å². The summed E-state index contributed by atoms with van der Waals surface area (Å²) in [4.78, 5) is 2.26. The molecule has 51 heavy (non-hydrogen) atoms. The summed E-state index contributed by atoms with van der Waals surface area (Å²) in [5.41, 5.74) is 13.8. The second-order valence-electron chi connectivity index (χ2n) is 13.1. The lowest BCUT2D eigenvalue weighted by Gasteiger charge is -2.34. The van der Waals surface area contributed by atoms with Crippen molar-refractivity contribution in [2.75, 3.05) is 10.2 Å². The first-order valence-corrected chi connectivity index (χ1v) is 17.1. The number of hydrogen-bond donors (Lipinski definition) is 1. The van der Waals surface area contributed by atoms with Crippen LogP contribution in [0.2, 0.25) is 0 Å². The van der Waals surface area contributed by atoms with Crippen molar-refractivity contribution in [1.29, 1.82) is 15.8 Å². The van der Waals surface area contributed by atoms with Gasteiger partial charge in [0.05, 0.1) is 35.3 Å². The topological polar surface area (TPSA) is 86.6 Å². The molecule has 0 amide bonds. The Balaban J connectivity index is 1.18. The molecule has 0 aromatic heterocycles. The molecular formula is C46H33N5. The third-order valence-corrected chi connectivity index (χ3v) is 10.1. The second kappa shape index (κ2) is 13.2. The van der Waals surface area contributed by atoms with Crippen LogP contribution >= 0.6 is 0 Å². The molecule has 0 fully saturated rings. The molecule has 0 radical (unpaired) electrons. The average Bonchev–Trinajstić information content (AvgIpc) is 3.50. The maximum Gasteiger partial charge on any atom is 0.101 e. The van der Waals surface area contributed by atoms with Crippen LogP contribution in [-0.4, -0.2) is 6.04 Å². The molecule has 1 heterocycles. The smallest absolute Gasteiger partial charge is 0.101 e. The molecular weight excluding hydrogens is 623 g/mol. The van der Waals surface area contributed by atoms with E-state index in [9.17, 15) is 15.8 Å². The van der Waals surface area contributed by atoms with E-state index in [2.05, 4.69) is 145 Å². The Morgan fingerprint density at radius 1 is 0.686 bits per heavy atom. The van der Waals surface area contributed by atoms with E-state index in [4.69, 9.17) is 0 Å². The zero-order valence-electron chi connectivity index (χ0n) is 28.1. The summed E-state index contributed by atoms with van der Waals surface area (Å²) in [6.07, 6.45) is 10.5. The van der Waals surface area contributed by atoms with Gasteiger partial charge in [0, 0.05) is 46.1 Å². The molecule has 0 spiro atoms. The van der Waals surface area contributed by atoms with Crippen LogP contribution < -0.4 is 10.2 Å². The average molecular weight is 656 g/mol. The fourth-order valence-corrected chi connectivity index (χ4v) is 7.69. The molecule has 5 heteroatoms. The van der Waals surface area contributed by atoms with Gasteiger partial charge in [0.1, 0.15) is 6.07 Å². The molecule has 0 saturated carbocycles. The van der Waals surface area contributed by atoms with Crippen molar-refractivity contribution in [2.45, 2.75) is 19.4 Å². The number of benzene rings is 5. The lowest BCUT2D eigenvalue weighted by molar-refractivity contribution is 0.675. The molecule has 5 nitrogen and oxygen atoms in total. The number of nitrogens with zero attached hydrogens (tertiary/aromatic N) is 4. The van der Waals surface area contributed by atoms with Crippen LogP contribution in [0.3, 0.4) is 0 Å². The minimum Gasteiger partial charge on any atom is -0.355 e. The largest absolute Gasteiger partial charge is 0.355 e. The highest BCUT2D eigenvalue weighted by molar-refractivity contribution is 5.88. The summed E-state index contributed by atoms with van der Waals surface area (Å²) < 4.78 is 0. The minimum absolute atomic E-state index is 0.0485. The van der Waals surface area contributed by atoms with E-state index in [1.54, 1.807) is 0 Å². The Labute approximate surface area is 298 Å². The van der Waals surface area contributed by atoms with Crippen molar-refractivity contribution in [1.82, 2.24) is 0 Å². The minimum atomic E-state index is -0.264. The molecule has 0 bridgehead atoms. The Bertz CT molecular complexity index is 2460. The molecule has 5 aromatic rings. The Morgan fingerprint density at radius 3 is 2.22 bits per heavy atom. The van der Waals surface area contributed by atoms with Gasteiger partial charge in [0.2, 0.25) is 0 Å². The summed E-state index contributed by atoms with van der Waals surface area (Å²) in [6.45, 7) is 2.14. The second-order valence-corrected chi connectivity index (χ2v) is 13.1. The van der Waals surface area contributed by atoms with Crippen molar-refractivity contribution >= 4 is 17.1 Å². The number of fused-ring (bicyclic) bond motifs is 2. The third kappa shape index (κ3) is 5.70. The standard InChI is InChI=1S/C46H33N5/c1-30-9-2-3-15-38(30)40-16-4-5-18-43(40)50-37-14-7-11-34(26-37)33-10-6-12-35(25-33)39-17-8-13-36(29-49)46(39)51-44-22-20-31(27-47)23-42(44)41-21-19-32(28-48)24-45(41)51/h2-23,25-26,32,42,44,50H,24H2,1H3. The maximum absolute atomic E-state index is 10.5. The van der Waals surface area contributed by atoms with Crippen LogP contribution in [0.5, 0.6) is 0 Å². The van der Waals surface area contributed by atoms with Gasteiger partial charge in [-0.2, -0.15) is 15.8 Å². The van der Waals surface area contributed by atoms with Gasteiger partial charge in [-0.3, -0.25) is 0 Å². The van der Waals surface area contributed by atoms with Gasteiger partial charge in [0.15, 0.2) is 0 Å². The van der Waals surface area contributed by atoms with Crippen molar-refractivity contribution in [3.8, 4) is 51.6 Å². The number of allylic oxidation sites excluding steroid dienone is 5. The lowest BCUT2D eigenvalue weighted by atomic mass is 9.85. The number of hydrogen-bond acceptors (Lipinski definition) is 5. The van der Waals surface area contributed by atoms with Gasteiger partial charge in [0.25, 0.3) is 0 Å². The lowest BCUT2D eigenvalue weighted by Crippen LogP contribution is -2.34. The third-order valence-electron chi connectivity index (χ3n) is 10.1. The number of aryl methyl sites for hydroxylation is 1. The van der Waals surface area contributed by atoms with Crippen LogP contribution in [0.15, 0.2) is 162 Å². The summed E-state index contributed by atoms with van der Waals surface area (Å²) in [7, 11) is 0. The number of para-hydroxylation sites is 2. The fraction of sp³-hybridized carbons (Fsp3) is 0.109. The first-order chi connectivity index (χ1) is 25.1. The number of nitrogens with one attached hydrogen (secondary N) is 1. The summed E-state index contributed by atoms with van der Waals surface area (Å²) in [6, 6.07) is 46.7. The van der Waals surface area contributed by atoms with Crippen LogP contribution in [0.1, 0.15) is 17.5 Å². The fourth-order valence-electron chi connectivity index (χ4n) is 7.69. The van der Waals surface area contributed by atoms with Gasteiger partial charge in [-0.1, -0.05) is 109 Å². The Morgan fingerprint density at radius 2 is 1.41 bits per heavy atom. The van der Waals surface area contributed by atoms with E-state index < -0.39 is 0 Å². The van der Waals surface area contributed by atoms with Gasteiger partial charge < -0.3 is 10.2 Å². The first-order valence-electron chi connectivity index (χ1n) is 17.1. The van der Waals surface area contributed by atoms with E-state index in [0.717, 1.165) is 56.1 Å².